The normalized spacial score (nSPS) is 27.7. The molecule has 0 spiro atoms. The van der Waals surface area contributed by atoms with Crippen LogP contribution >= 0.6 is 0 Å². The van der Waals surface area contributed by atoms with E-state index >= 15 is 0 Å². The molecular weight excluding hydrogens is 184 g/mol. The van der Waals surface area contributed by atoms with Crippen LogP contribution in [0.4, 0.5) is 0 Å². The molecule has 1 N–H and O–H groups in total. The molecule has 0 saturated heterocycles. The van der Waals surface area contributed by atoms with E-state index in [0.717, 1.165) is 25.7 Å². The van der Waals surface area contributed by atoms with Gasteiger partial charge in [-0.2, -0.15) is 0 Å². The van der Waals surface area contributed by atoms with Crippen molar-refractivity contribution in [2.24, 2.45) is 11.8 Å². The van der Waals surface area contributed by atoms with Crippen LogP contribution in [0.3, 0.4) is 0 Å². The molecule has 0 aliphatic heterocycles. The van der Waals surface area contributed by atoms with Gasteiger partial charge in [0.25, 0.3) is 0 Å². The van der Waals surface area contributed by atoms with E-state index in [0.29, 0.717) is 11.8 Å². The van der Waals surface area contributed by atoms with Crippen LogP contribution in [-0.4, -0.2) is 11.2 Å². The molecular formula is C14H22O. The second kappa shape index (κ2) is 6.69. The Bertz CT molecular complexity index is 256. The van der Waals surface area contributed by atoms with Gasteiger partial charge in [0.2, 0.25) is 0 Å². The largest absolute Gasteiger partial charge is 0.393 e. The molecule has 1 fully saturated rings. The first-order chi connectivity index (χ1) is 7.24. The maximum absolute atomic E-state index is 9.62. The number of allylic oxidation sites excluding steroid dienone is 1. The molecule has 0 heterocycles. The van der Waals surface area contributed by atoms with Crippen LogP contribution in [0.25, 0.3) is 0 Å². The van der Waals surface area contributed by atoms with E-state index in [4.69, 9.17) is 0 Å². The summed E-state index contributed by atoms with van der Waals surface area (Å²) >= 11 is 0. The predicted molar refractivity (Wildman–Crippen MR) is 64.3 cm³/mol. The van der Waals surface area contributed by atoms with Crippen molar-refractivity contribution in [1.29, 1.82) is 0 Å². The van der Waals surface area contributed by atoms with Crippen molar-refractivity contribution in [1.82, 2.24) is 0 Å². The lowest BCUT2D eigenvalue weighted by atomic mass is 10.0. The highest BCUT2D eigenvalue weighted by atomic mass is 16.3. The summed E-state index contributed by atoms with van der Waals surface area (Å²) < 4.78 is 0. The van der Waals surface area contributed by atoms with Crippen LogP contribution < -0.4 is 0 Å². The lowest BCUT2D eigenvalue weighted by Crippen LogP contribution is -2.09. The maximum Gasteiger partial charge on any atom is 0.0602 e. The molecule has 0 aromatic heterocycles. The van der Waals surface area contributed by atoms with Gasteiger partial charge in [0.1, 0.15) is 0 Å². The van der Waals surface area contributed by atoms with Crippen LogP contribution in [0, 0.1) is 23.7 Å². The van der Waals surface area contributed by atoms with Gasteiger partial charge in [0.05, 0.1) is 6.10 Å². The van der Waals surface area contributed by atoms with E-state index in [1.165, 1.54) is 6.42 Å². The topological polar surface area (TPSA) is 20.2 Å². The van der Waals surface area contributed by atoms with Gasteiger partial charge in [-0.15, -0.1) is 11.8 Å². The summed E-state index contributed by atoms with van der Waals surface area (Å²) in [5.41, 5.74) is 0. The SMILES string of the molecule is CC#CCC(C)C/C=C/C1CCCC1O. The molecule has 1 saturated carbocycles. The van der Waals surface area contributed by atoms with Gasteiger partial charge < -0.3 is 5.11 Å². The van der Waals surface area contributed by atoms with Gasteiger partial charge in [0, 0.05) is 12.3 Å². The maximum atomic E-state index is 9.62. The molecule has 1 aliphatic carbocycles. The Morgan fingerprint density at radius 2 is 2.27 bits per heavy atom. The summed E-state index contributed by atoms with van der Waals surface area (Å²) in [6.45, 7) is 4.11. The van der Waals surface area contributed by atoms with E-state index in [1.807, 2.05) is 6.92 Å². The quantitative estimate of drug-likeness (QED) is 0.553. The van der Waals surface area contributed by atoms with E-state index < -0.39 is 0 Å². The molecule has 1 aliphatic rings. The second-order valence-electron chi connectivity index (χ2n) is 4.56. The van der Waals surface area contributed by atoms with Gasteiger partial charge in [-0.1, -0.05) is 25.5 Å². The lowest BCUT2D eigenvalue weighted by Gasteiger charge is -2.09. The van der Waals surface area contributed by atoms with E-state index in [1.54, 1.807) is 0 Å². The summed E-state index contributed by atoms with van der Waals surface area (Å²) in [6, 6.07) is 0. The smallest absolute Gasteiger partial charge is 0.0602 e. The number of hydrogen-bond donors (Lipinski definition) is 1. The lowest BCUT2D eigenvalue weighted by molar-refractivity contribution is 0.153. The number of rotatable bonds is 4. The van der Waals surface area contributed by atoms with Gasteiger partial charge in [-0.05, 0) is 32.1 Å². The Balaban J connectivity index is 2.22. The first-order valence-corrected chi connectivity index (χ1v) is 5.98. The molecule has 0 radical (unpaired) electrons. The zero-order chi connectivity index (χ0) is 11.1. The van der Waals surface area contributed by atoms with Crippen LogP contribution in [0.2, 0.25) is 0 Å². The van der Waals surface area contributed by atoms with Crippen molar-refractivity contribution in [3.8, 4) is 11.8 Å². The molecule has 3 atom stereocenters. The van der Waals surface area contributed by atoms with Crippen LogP contribution in [0.15, 0.2) is 12.2 Å². The van der Waals surface area contributed by atoms with Gasteiger partial charge >= 0.3 is 0 Å². The molecule has 1 nitrogen and oxygen atoms in total. The Morgan fingerprint density at radius 3 is 2.87 bits per heavy atom. The number of aliphatic hydroxyl groups is 1. The third kappa shape index (κ3) is 4.53. The van der Waals surface area contributed by atoms with Crippen molar-refractivity contribution in [3.63, 3.8) is 0 Å². The standard InChI is InChI=1S/C14H22O/c1-3-4-7-12(2)8-5-9-13-10-6-11-14(13)15/h5,9,12-15H,6-8,10-11H2,1-2H3/b9-5+. The number of hydrogen-bond acceptors (Lipinski definition) is 1. The van der Waals surface area contributed by atoms with Crippen molar-refractivity contribution in [3.05, 3.63) is 12.2 Å². The average Bonchev–Trinajstić information content (AvgIpc) is 2.61. The van der Waals surface area contributed by atoms with Gasteiger partial charge in [0.15, 0.2) is 0 Å². The van der Waals surface area contributed by atoms with Gasteiger partial charge in [-0.3, -0.25) is 0 Å². The summed E-state index contributed by atoms with van der Waals surface area (Å²) in [5, 5.41) is 9.62. The van der Waals surface area contributed by atoms with E-state index in [2.05, 4.69) is 30.9 Å². The molecule has 0 amide bonds. The minimum absolute atomic E-state index is 0.0908. The first-order valence-electron chi connectivity index (χ1n) is 5.98. The summed E-state index contributed by atoms with van der Waals surface area (Å²) in [4.78, 5) is 0. The molecule has 15 heavy (non-hydrogen) atoms. The third-order valence-corrected chi connectivity index (χ3v) is 3.08. The highest BCUT2D eigenvalue weighted by molar-refractivity contribution is 4.99. The molecule has 0 aromatic carbocycles. The van der Waals surface area contributed by atoms with E-state index in [-0.39, 0.29) is 6.10 Å². The Labute approximate surface area is 93.6 Å². The zero-order valence-electron chi connectivity index (χ0n) is 9.87. The molecule has 0 bridgehead atoms. The van der Waals surface area contributed by atoms with E-state index in [9.17, 15) is 5.11 Å². The Kier molecular flexibility index (Phi) is 5.50. The molecule has 0 aromatic rings. The summed E-state index contributed by atoms with van der Waals surface area (Å²) in [7, 11) is 0. The highest BCUT2D eigenvalue weighted by Crippen LogP contribution is 2.26. The van der Waals surface area contributed by atoms with Crippen LogP contribution in [-0.2, 0) is 0 Å². The third-order valence-electron chi connectivity index (χ3n) is 3.08. The fourth-order valence-electron chi connectivity index (χ4n) is 2.04. The van der Waals surface area contributed by atoms with Gasteiger partial charge in [-0.25, -0.2) is 0 Å². The second-order valence-corrected chi connectivity index (χ2v) is 4.56. The minimum Gasteiger partial charge on any atom is -0.393 e. The average molecular weight is 206 g/mol. The Hall–Kier alpha value is -0.740. The molecule has 84 valence electrons. The fraction of sp³-hybridized carbons (Fsp3) is 0.714. The van der Waals surface area contributed by atoms with Crippen molar-refractivity contribution < 1.29 is 5.11 Å². The van der Waals surface area contributed by atoms with Crippen molar-refractivity contribution in [2.75, 3.05) is 0 Å². The zero-order valence-corrected chi connectivity index (χ0v) is 9.87. The molecule has 1 heteroatoms. The van der Waals surface area contributed by atoms with Crippen LogP contribution in [0.1, 0.15) is 46.0 Å². The summed E-state index contributed by atoms with van der Waals surface area (Å²) in [6.07, 6.45) is 9.70. The molecule has 1 rings (SSSR count). The Morgan fingerprint density at radius 1 is 1.47 bits per heavy atom. The van der Waals surface area contributed by atoms with Crippen molar-refractivity contribution in [2.45, 2.75) is 52.1 Å². The highest BCUT2D eigenvalue weighted by Gasteiger charge is 2.22. The monoisotopic (exact) mass is 206 g/mol. The molecule has 3 unspecified atom stereocenters. The minimum atomic E-state index is -0.0908. The number of aliphatic hydroxyl groups excluding tert-OH is 1. The first kappa shape index (κ1) is 12.3. The predicted octanol–water partition coefficient (Wildman–Crippen LogP) is 3.14. The van der Waals surface area contributed by atoms with Crippen LogP contribution in [0.5, 0.6) is 0 Å². The van der Waals surface area contributed by atoms with Crippen molar-refractivity contribution >= 4 is 0 Å². The summed E-state index contributed by atoms with van der Waals surface area (Å²) in [5.74, 6) is 7.07. The fourth-order valence-corrected chi connectivity index (χ4v) is 2.04.